The molecule has 1 fully saturated rings. The van der Waals surface area contributed by atoms with Gasteiger partial charge in [-0.1, -0.05) is 0 Å². The van der Waals surface area contributed by atoms with Crippen LogP contribution < -0.4 is 10.2 Å². The van der Waals surface area contributed by atoms with Crippen LogP contribution in [0, 0.1) is 5.92 Å². The normalized spacial score (nSPS) is 14.9. The van der Waals surface area contributed by atoms with Gasteiger partial charge >= 0.3 is 0 Å². The molecule has 0 bridgehead atoms. The van der Waals surface area contributed by atoms with Crippen molar-refractivity contribution in [3.63, 3.8) is 0 Å². The fraction of sp³-hybridized carbons (Fsp3) is 0.538. The van der Waals surface area contributed by atoms with E-state index in [1.807, 2.05) is 11.9 Å². The summed E-state index contributed by atoms with van der Waals surface area (Å²) in [5, 5.41) is 12.3. The molecule has 0 atom stereocenters. The minimum atomic E-state index is 0.193. The fourth-order valence-corrected chi connectivity index (χ4v) is 1.70. The zero-order valence-corrected chi connectivity index (χ0v) is 9.82. The van der Waals surface area contributed by atoms with Crippen molar-refractivity contribution in [1.82, 2.24) is 0 Å². The number of benzene rings is 1. The Hall–Kier alpha value is -1.22. The topological polar surface area (TPSA) is 35.5 Å². The average molecular weight is 220 g/mol. The number of aliphatic hydroxyl groups is 1. The first-order chi connectivity index (χ1) is 7.79. The molecule has 0 spiro atoms. The summed E-state index contributed by atoms with van der Waals surface area (Å²) in [7, 11) is 1.99. The summed E-state index contributed by atoms with van der Waals surface area (Å²) in [6.45, 7) is 1.97. The molecule has 0 saturated heterocycles. The Bertz CT molecular complexity index is 319. The molecule has 16 heavy (non-hydrogen) atoms. The van der Waals surface area contributed by atoms with Crippen LogP contribution in [0.3, 0.4) is 0 Å². The summed E-state index contributed by atoms with van der Waals surface area (Å²) in [5.74, 6) is 0.900. The van der Waals surface area contributed by atoms with Crippen LogP contribution in [0.1, 0.15) is 12.8 Å². The number of rotatable bonds is 6. The van der Waals surface area contributed by atoms with E-state index in [9.17, 15) is 0 Å². The van der Waals surface area contributed by atoms with E-state index in [0.29, 0.717) is 6.54 Å². The molecule has 0 unspecified atom stereocenters. The molecule has 0 aromatic heterocycles. The first kappa shape index (κ1) is 11.3. The smallest absolute Gasteiger partial charge is 0.0606 e. The van der Waals surface area contributed by atoms with Crippen molar-refractivity contribution in [3.05, 3.63) is 24.3 Å². The van der Waals surface area contributed by atoms with Crippen LogP contribution in [0.2, 0.25) is 0 Å². The molecule has 2 rings (SSSR count). The summed E-state index contributed by atoms with van der Waals surface area (Å²) < 4.78 is 0. The van der Waals surface area contributed by atoms with E-state index in [4.69, 9.17) is 5.11 Å². The van der Waals surface area contributed by atoms with E-state index < -0.39 is 0 Å². The Kier molecular flexibility index (Phi) is 3.67. The lowest BCUT2D eigenvalue weighted by molar-refractivity contribution is 0.304. The molecule has 3 heteroatoms. The standard InChI is InChI=1S/C13H20N2O/c1-15(8-9-16)13-6-4-12(5-7-13)14-10-11-2-3-11/h4-7,11,14,16H,2-3,8-10H2,1H3. The van der Waals surface area contributed by atoms with E-state index in [1.165, 1.54) is 18.5 Å². The largest absolute Gasteiger partial charge is 0.395 e. The van der Waals surface area contributed by atoms with Crippen molar-refractivity contribution < 1.29 is 5.11 Å². The quantitative estimate of drug-likeness (QED) is 0.769. The van der Waals surface area contributed by atoms with E-state index in [0.717, 1.165) is 18.2 Å². The second-order valence-electron chi connectivity index (χ2n) is 4.52. The number of hydrogen-bond donors (Lipinski definition) is 2. The summed E-state index contributed by atoms with van der Waals surface area (Å²) >= 11 is 0. The molecule has 88 valence electrons. The zero-order valence-electron chi connectivity index (χ0n) is 9.82. The van der Waals surface area contributed by atoms with Gasteiger partial charge in [0.25, 0.3) is 0 Å². The highest BCUT2D eigenvalue weighted by Crippen LogP contribution is 2.29. The third kappa shape index (κ3) is 3.14. The number of aliphatic hydroxyl groups excluding tert-OH is 1. The van der Waals surface area contributed by atoms with Gasteiger partial charge in [0.2, 0.25) is 0 Å². The molecular formula is C13H20N2O. The maximum atomic E-state index is 8.85. The lowest BCUT2D eigenvalue weighted by Crippen LogP contribution is -2.20. The summed E-state index contributed by atoms with van der Waals surface area (Å²) in [4.78, 5) is 2.05. The van der Waals surface area contributed by atoms with Gasteiger partial charge < -0.3 is 15.3 Å². The number of nitrogens with zero attached hydrogens (tertiary/aromatic N) is 1. The number of likely N-dealkylation sites (N-methyl/N-ethyl adjacent to an activating group) is 1. The molecule has 0 aliphatic heterocycles. The lowest BCUT2D eigenvalue weighted by atomic mass is 10.2. The van der Waals surface area contributed by atoms with Gasteiger partial charge in [-0.25, -0.2) is 0 Å². The second-order valence-corrected chi connectivity index (χ2v) is 4.52. The highest BCUT2D eigenvalue weighted by Gasteiger charge is 2.20. The maximum Gasteiger partial charge on any atom is 0.0606 e. The fourth-order valence-electron chi connectivity index (χ4n) is 1.70. The van der Waals surface area contributed by atoms with Gasteiger partial charge in [0, 0.05) is 31.5 Å². The van der Waals surface area contributed by atoms with E-state index in [2.05, 4.69) is 29.6 Å². The minimum absolute atomic E-state index is 0.193. The predicted molar refractivity (Wildman–Crippen MR) is 68.0 cm³/mol. The molecule has 0 amide bonds. The Morgan fingerprint density at radius 3 is 2.56 bits per heavy atom. The van der Waals surface area contributed by atoms with Crippen molar-refractivity contribution in [3.8, 4) is 0 Å². The van der Waals surface area contributed by atoms with Crippen molar-refractivity contribution in [2.45, 2.75) is 12.8 Å². The molecule has 1 saturated carbocycles. The molecule has 1 aromatic carbocycles. The molecule has 1 aliphatic rings. The Balaban J connectivity index is 1.87. The first-order valence-corrected chi connectivity index (χ1v) is 5.95. The third-order valence-corrected chi connectivity index (χ3v) is 3.04. The summed E-state index contributed by atoms with van der Waals surface area (Å²) in [5.41, 5.74) is 2.33. The van der Waals surface area contributed by atoms with Crippen molar-refractivity contribution >= 4 is 11.4 Å². The van der Waals surface area contributed by atoms with Crippen LogP contribution in [0.5, 0.6) is 0 Å². The molecule has 0 radical (unpaired) electrons. The summed E-state index contributed by atoms with van der Waals surface area (Å²) in [6, 6.07) is 8.38. The Morgan fingerprint density at radius 2 is 2.00 bits per heavy atom. The monoisotopic (exact) mass is 220 g/mol. The molecule has 1 aromatic rings. The van der Waals surface area contributed by atoms with Crippen LogP contribution >= 0.6 is 0 Å². The van der Waals surface area contributed by atoms with Gasteiger partial charge in [-0.05, 0) is 43.0 Å². The molecule has 0 heterocycles. The van der Waals surface area contributed by atoms with Crippen LogP contribution in [-0.4, -0.2) is 31.9 Å². The highest BCUT2D eigenvalue weighted by atomic mass is 16.3. The van der Waals surface area contributed by atoms with Gasteiger partial charge in [-0.3, -0.25) is 0 Å². The van der Waals surface area contributed by atoms with Crippen LogP contribution in [0.25, 0.3) is 0 Å². The summed E-state index contributed by atoms with van der Waals surface area (Å²) in [6.07, 6.45) is 2.76. The van der Waals surface area contributed by atoms with Gasteiger partial charge in [0.05, 0.1) is 6.61 Å². The second kappa shape index (κ2) is 5.21. The van der Waals surface area contributed by atoms with Crippen LogP contribution in [0.15, 0.2) is 24.3 Å². The zero-order chi connectivity index (χ0) is 11.4. The van der Waals surface area contributed by atoms with Gasteiger partial charge in [0.15, 0.2) is 0 Å². The highest BCUT2D eigenvalue weighted by molar-refractivity contribution is 5.54. The van der Waals surface area contributed by atoms with Gasteiger partial charge in [0.1, 0.15) is 0 Å². The van der Waals surface area contributed by atoms with Crippen molar-refractivity contribution in [2.75, 3.05) is 37.0 Å². The molecule has 3 nitrogen and oxygen atoms in total. The number of hydrogen-bond acceptors (Lipinski definition) is 3. The molecule has 2 N–H and O–H groups in total. The minimum Gasteiger partial charge on any atom is -0.395 e. The van der Waals surface area contributed by atoms with Crippen molar-refractivity contribution in [2.24, 2.45) is 5.92 Å². The van der Waals surface area contributed by atoms with E-state index in [1.54, 1.807) is 0 Å². The van der Waals surface area contributed by atoms with E-state index >= 15 is 0 Å². The Morgan fingerprint density at radius 1 is 1.31 bits per heavy atom. The molecule has 1 aliphatic carbocycles. The maximum absolute atomic E-state index is 8.85. The van der Waals surface area contributed by atoms with Crippen LogP contribution in [0.4, 0.5) is 11.4 Å². The number of anilines is 2. The first-order valence-electron chi connectivity index (χ1n) is 5.95. The van der Waals surface area contributed by atoms with Crippen molar-refractivity contribution in [1.29, 1.82) is 0 Å². The lowest BCUT2D eigenvalue weighted by Gasteiger charge is -2.18. The third-order valence-electron chi connectivity index (χ3n) is 3.04. The van der Waals surface area contributed by atoms with E-state index in [-0.39, 0.29) is 6.61 Å². The number of nitrogens with one attached hydrogen (secondary N) is 1. The van der Waals surface area contributed by atoms with Gasteiger partial charge in [-0.15, -0.1) is 0 Å². The average Bonchev–Trinajstić information content (AvgIpc) is 3.11. The SMILES string of the molecule is CN(CCO)c1ccc(NCC2CC2)cc1. The molecular weight excluding hydrogens is 200 g/mol. The van der Waals surface area contributed by atoms with Crippen LogP contribution in [-0.2, 0) is 0 Å². The Labute approximate surface area is 97.1 Å². The predicted octanol–water partition coefficient (Wildman–Crippen LogP) is 1.94. The van der Waals surface area contributed by atoms with Gasteiger partial charge in [-0.2, -0.15) is 0 Å².